The molecule has 0 aromatic heterocycles. The lowest BCUT2D eigenvalue weighted by molar-refractivity contribution is -0.0840. The van der Waals surface area contributed by atoms with Crippen molar-refractivity contribution >= 4 is 6.03 Å². The number of fused-ring (bicyclic) bond motifs is 2. The van der Waals surface area contributed by atoms with Crippen LogP contribution in [0.1, 0.15) is 18.4 Å². The number of carbonyl (C=O) groups is 1. The summed E-state index contributed by atoms with van der Waals surface area (Å²) in [7, 11) is 1.63. The molecule has 2 amide bonds. The van der Waals surface area contributed by atoms with Crippen LogP contribution in [0.15, 0.2) is 24.3 Å². The van der Waals surface area contributed by atoms with Crippen molar-refractivity contribution < 1.29 is 13.9 Å². The van der Waals surface area contributed by atoms with E-state index >= 15 is 0 Å². The van der Waals surface area contributed by atoms with Crippen molar-refractivity contribution in [2.24, 2.45) is 0 Å². The monoisotopic (exact) mass is 307 g/mol. The van der Waals surface area contributed by atoms with Crippen LogP contribution in [0.5, 0.6) is 0 Å². The van der Waals surface area contributed by atoms with E-state index in [0.717, 1.165) is 24.9 Å². The molecule has 3 rings (SSSR count). The fourth-order valence-electron chi connectivity index (χ4n) is 3.42. The van der Waals surface area contributed by atoms with Crippen molar-refractivity contribution in [3.8, 4) is 0 Å². The molecule has 2 aliphatic rings. The third kappa shape index (κ3) is 3.39. The van der Waals surface area contributed by atoms with E-state index in [9.17, 15) is 9.18 Å². The van der Waals surface area contributed by atoms with Crippen molar-refractivity contribution in [3.05, 3.63) is 35.6 Å². The molecule has 120 valence electrons. The Morgan fingerprint density at radius 1 is 1.27 bits per heavy atom. The minimum Gasteiger partial charge on any atom is -0.378 e. The summed E-state index contributed by atoms with van der Waals surface area (Å²) >= 11 is 0. The maximum absolute atomic E-state index is 13.0. The Morgan fingerprint density at radius 3 is 2.50 bits per heavy atom. The van der Waals surface area contributed by atoms with E-state index in [4.69, 9.17) is 4.74 Å². The predicted octanol–water partition coefficient (Wildman–Crippen LogP) is 1.49. The van der Waals surface area contributed by atoms with Crippen LogP contribution >= 0.6 is 0 Å². The van der Waals surface area contributed by atoms with Crippen molar-refractivity contribution in [1.29, 1.82) is 0 Å². The minimum atomic E-state index is -0.208. The number of hydrogen-bond acceptors (Lipinski definition) is 3. The second-order valence-corrected chi connectivity index (χ2v) is 6.04. The van der Waals surface area contributed by atoms with Crippen molar-refractivity contribution in [2.75, 3.05) is 20.3 Å². The van der Waals surface area contributed by atoms with E-state index in [-0.39, 0.29) is 17.9 Å². The van der Waals surface area contributed by atoms with Gasteiger partial charge in [-0.25, -0.2) is 9.18 Å². The Kier molecular flexibility index (Phi) is 4.59. The zero-order valence-corrected chi connectivity index (χ0v) is 12.7. The number of nitrogens with zero attached hydrogens (tertiary/aromatic N) is 1. The van der Waals surface area contributed by atoms with Crippen LogP contribution in [0.2, 0.25) is 0 Å². The molecule has 5 nitrogen and oxygen atoms in total. The number of amides is 2. The average molecular weight is 307 g/mol. The number of nitrogens with one attached hydrogen (secondary N) is 2. The van der Waals surface area contributed by atoms with E-state index in [1.165, 1.54) is 12.1 Å². The summed E-state index contributed by atoms with van der Waals surface area (Å²) in [6.07, 6.45) is 1.76. The lowest BCUT2D eigenvalue weighted by Gasteiger charge is -2.48. The Labute approximate surface area is 129 Å². The molecule has 0 unspecified atom stereocenters. The molecule has 0 radical (unpaired) electrons. The number of halogens is 1. The SMILES string of the molecule is CNC(=O)N[C@H]1C[C@H]2COC[C@@H](C1)N2Cc1ccc(F)cc1. The molecular weight excluding hydrogens is 285 g/mol. The highest BCUT2D eigenvalue weighted by Gasteiger charge is 2.39. The van der Waals surface area contributed by atoms with E-state index in [1.54, 1.807) is 7.05 Å². The first-order valence-electron chi connectivity index (χ1n) is 7.72. The van der Waals surface area contributed by atoms with Gasteiger partial charge in [0.2, 0.25) is 0 Å². The Bertz CT molecular complexity index is 509. The summed E-state index contributed by atoms with van der Waals surface area (Å²) in [6, 6.07) is 7.31. The molecule has 3 atom stereocenters. The quantitative estimate of drug-likeness (QED) is 0.889. The number of rotatable bonds is 3. The first-order chi connectivity index (χ1) is 10.7. The maximum Gasteiger partial charge on any atom is 0.314 e. The van der Waals surface area contributed by atoms with Gasteiger partial charge < -0.3 is 15.4 Å². The number of benzene rings is 1. The normalized spacial score (nSPS) is 28.2. The molecule has 0 aliphatic carbocycles. The van der Waals surface area contributed by atoms with Crippen LogP contribution in [-0.4, -0.2) is 49.3 Å². The molecule has 1 aromatic rings. The van der Waals surface area contributed by atoms with Gasteiger partial charge in [-0.15, -0.1) is 0 Å². The van der Waals surface area contributed by atoms with Gasteiger partial charge in [0.1, 0.15) is 5.82 Å². The van der Waals surface area contributed by atoms with Gasteiger partial charge in [0, 0.05) is 31.7 Å². The number of morpholine rings is 1. The molecule has 2 N–H and O–H groups in total. The van der Waals surface area contributed by atoms with Gasteiger partial charge in [-0.05, 0) is 30.5 Å². The number of piperidine rings is 1. The lowest BCUT2D eigenvalue weighted by Crippen LogP contribution is -2.60. The van der Waals surface area contributed by atoms with E-state index < -0.39 is 0 Å². The molecule has 0 saturated carbocycles. The van der Waals surface area contributed by atoms with Gasteiger partial charge in [0.25, 0.3) is 0 Å². The first kappa shape index (κ1) is 15.2. The first-order valence-corrected chi connectivity index (χ1v) is 7.72. The Morgan fingerprint density at radius 2 is 1.91 bits per heavy atom. The highest BCUT2D eigenvalue weighted by molar-refractivity contribution is 5.73. The van der Waals surface area contributed by atoms with Crippen LogP contribution in [0.4, 0.5) is 9.18 Å². The number of hydrogen-bond donors (Lipinski definition) is 2. The van der Waals surface area contributed by atoms with Gasteiger partial charge in [0.15, 0.2) is 0 Å². The van der Waals surface area contributed by atoms with Crippen LogP contribution < -0.4 is 10.6 Å². The topological polar surface area (TPSA) is 53.6 Å². The lowest BCUT2D eigenvalue weighted by atomic mass is 9.89. The van der Waals surface area contributed by atoms with Crippen LogP contribution in [0, 0.1) is 5.82 Å². The molecule has 2 saturated heterocycles. The van der Waals surface area contributed by atoms with E-state index in [2.05, 4.69) is 15.5 Å². The number of urea groups is 1. The smallest absolute Gasteiger partial charge is 0.314 e. The highest BCUT2D eigenvalue weighted by atomic mass is 19.1. The molecule has 22 heavy (non-hydrogen) atoms. The molecule has 2 heterocycles. The predicted molar refractivity (Wildman–Crippen MR) is 81.0 cm³/mol. The van der Waals surface area contributed by atoms with Crippen LogP contribution in [-0.2, 0) is 11.3 Å². The summed E-state index contributed by atoms with van der Waals surface area (Å²) in [5.74, 6) is -0.208. The summed E-state index contributed by atoms with van der Waals surface area (Å²) < 4.78 is 18.7. The molecule has 2 aliphatic heterocycles. The number of ether oxygens (including phenoxy) is 1. The number of carbonyl (C=O) groups excluding carboxylic acids is 1. The molecule has 2 fully saturated rings. The van der Waals surface area contributed by atoms with Gasteiger partial charge >= 0.3 is 6.03 Å². The summed E-state index contributed by atoms with van der Waals surface area (Å²) in [4.78, 5) is 13.9. The summed E-state index contributed by atoms with van der Waals surface area (Å²) in [5, 5.41) is 5.61. The molecular formula is C16H22FN3O2. The van der Waals surface area contributed by atoms with Gasteiger partial charge in [-0.2, -0.15) is 0 Å². The van der Waals surface area contributed by atoms with Gasteiger partial charge in [-0.1, -0.05) is 12.1 Å². The Balaban J connectivity index is 1.66. The second kappa shape index (κ2) is 6.62. The third-order valence-electron chi connectivity index (χ3n) is 4.51. The van der Waals surface area contributed by atoms with Crippen molar-refractivity contribution in [3.63, 3.8) is 0 Å². The van der Waals surface area contributed by atoms with Gasteiger partial charge in [-0.3, -0.25) is 4.90 Å². The largest absolute Gasteiger partial charge is 0.378 e. The molecule has 6 heteroatoms. The van der Waals surface area contributed by atoms with E-state index in [0.29, 0.717) is 25.3 Å². The van der Waals surface area contributed by atoms with Crippen molar-refractivity contribution in [1.82, 2.24) is 15.5 Å². The highest BCUT2D eigenvalue weighted by Crippen LogP contribution is 2.29. The average Bonchev–Trinajstić information content (AvgIpc) is 2.50. The maximum atomic E-state index is 13.0. The molecule has 0 spiro atoms. The van der Waals surface area contributed by atoms with Crippen LogP contribution in [0.3, 0.4) is 0 Å². The van der Waals surface area contributed by atoms with Crippen LogP contribution in [0.25, 0.3) is 0 Å². The molecule has 1 aromatic carbocycles. The fourth-order valence-corrected chi connectivity index (χ4v) is 3.42. The summed E-state index contributed by atoms with van der Waals surface area (Å²) in [5.41, 5.74) is 1.11. The zero-order valence-electron chi connectivity index (χ0n) is 12.7. The summed E-state index contributed by atoms with van der Waals surface area (Å²) in [6.45, 7) is 2.17. The van der Waals surface area contributed by atoms with E-state index in [1.807, 2.05) is 12.1 Å². The molecule has 2 bridgehead atoms. The fraction of sp³-hybridized carbons (Fsp3) is 0.562. The van der Waals surface area contributed by atoms with Gasteiger partial charge in [0.05, 0.1) is 13.2 Å². The zero-order chi connectivity index (χ0) is 15.5. The Hall–Kier alpha value is -1.66. The van der Waals surface area contributed by atoms with Crippen molar-refractivity contribution in [2.45, 2.75) is 37.5 Å². The standard InChI is InChI=1S/C16H22FN3O2/c1-18-16(21)19-13-6-14-9-22-10-15(7-13)20(14)8-11-2-4-12(17)5-3-11/h2-5,13-15H,6-10H2,1H3,(H2,18,19,21)/t13-,14-,15+. The second-order valence-electron chi connectivity index (χ2n) is 6.04. The third-order valence-corrected chi connectivity index (χ3v) is 4.51. The minimum absolute atomic E-state index is 0.129.